The summed E-state index contributed by atoms with van der Waals surface area (Å²) in [7, 11) is 0. The van der Waals surface area contributed by atoms with Crippen molar-refractivity contribution in [2.24, 2.45) is 5.92 Å². The molecule has 0 aromatic heterocycles. The van der Waals surface area contributed by atoms with Crippen LogP contribution in [0.15, 0.2) is 121 Å². The summed E-state index contributed by atoms with van der Waals surface area (Å²) in [4.78, 5) is 28.3. The summed E-state index contributed by atoms with van der Waals surface area (Å²) in [5.74, 6) is -0.715. The average Bonchev–Trinajstić information content (AvgIpc) is 3.75. The Kier molecular flexibility index (Phi) is 7.02. The second-order valence-electron chi connectivity index (χ2n) is 8.97. The van der Waals surface area contributed by atoms with Crippen molar-refractivity contribution in [2.75, 3.05) is 6.61 Å². The molecule has 0 N–H and O–H groups in total. The molecule has 4 heteroatoms. The Morgan fingerprint density at radius 2 is 1.11 bits per heavy atom. The van der Waals surface area contributed by atoms with E-state index < -0.39 is 12.9 Å². The van der Waals surface area contributed by atoms with E-state index in [2.05, 4.69) is 12.1 Å². The van der Waals surface area contributed by atoms with Crippen LogP contribution >= 0.6 is 6.89 Å². The molecule has 5 rings (SSSR count). The summed E-state index contributed by atoms with van der Waals surface area (Å²) >= 11 is 0. The first-order valence-electron chi connectivity index (χ1n) is 12.4. The van der Waals surface area contributed by atoms with Crippen molar-refractivity contribution in [3.63, 3.8) is 0 Å². The van der Waals surface area contributed by atoms with Crippen LogP contribution in [0.5, 0.6) is 0 Å². The van der Waals surface area contributed by atoms with Gasteiger partial charge in [0.05, 0.1) is 6.61 Å². The van der Waals surface area contributed by atoms with Gasteiger partial charge >= 0.3 is 5.97 Å². The molecular formula is C32H29O3P. The molecule has 0 radical (unpaired) electrons. The minimum Gasteiger partial charge on any atom is -0.462 e. The summed E-state index contributed by atoms with van der Waals surface area (Å²) in [5.41, 5.74) is 1.14. The molecule has 2 unspecified atom stereocenters. The molecule has 2 atom stereocenters. The highest BCUT2D eigenvalue weighted by Crippen LogP contribution is 2.52. The standard InChI is InChI=1S/C32H29O3P/c1-2-35-32(34)31(30(33)29-23-28(29)24-15-7-3-8-16-24)36(25-17-9-4-10-18-25,26-19-11-5-12-20-26)27-21-13-6-14-22-27/h3-22,28-29H,2,23H2,1H3. The van der Waals surface area contributed by atoms with Gasteiger partial charge in [0, 0.05) is 5.92 Å². The van der Waals surface area contributed by atoms with E-state index in [1.54, 1.807) is 6.92 Å². The third-order valence-electron chi connectivity index (χ3n) is 6.82. The first-order valence-corrected chi connectivity index (χ1v) is 14.2. The van der Waals surface area contributed by atoms with Gasteiger partial charge in [0.25, 0.3) is 0 Å². The lowest BCUT2D eigenvalue weighted by Gasteiger charge is -2.31. The van der Waals surface area contributed by atoms with Crippen molar-refractivity contribution >= 4 is 39.8 Å². The number of rotatable bonds is 8. The van der Waals surface area contributed by atoms with Crippen molar-refractivity contribution < 1.29 is 14.3 Å². The fourth-order valence-electron chi connectivity index (χ4n) is 5.12. The van der Waals surface area contributed by atoms with E-state index in [4.69, 9.17) is 4.74 Å². The van der Waals surface area contributed by atoms with Crippen molar-refractivity contribution in [3.05, 3.63) is 127 Å². The van der Waals surface area contributed by atoms with Crippen molar-refractivity contribution in [1.29, 1.82) is 0 Å². The van der Waals surface area contributed by atoms with Crippen LogP contribution in [0.1, 0.15) is 24.8 Å². The summed E-state index contributed by atoms with van der Waals surface area (Å²) in [6.07, 6.45) is 0.740. The van der Waals surface area contributed by atoms with Gasteiger partial charge in [-0.15, -0.1) is 0 Å². The van der Waals surface area contributed by atoms with Gasteiger partial charge in [0.1, 0.15) is 5.29 Å². The summed E-state index contributed by atoms with van der Waals surface area (Å²) < 4.78 is 5.65. The number of ketones is 1. The number of carbonyl (C=O) groups is 2. The molecule has 4 aromatic carbocycles. The van der Waals surface area contributed by atoms with Gasteiger partial charge in [-0.2, -0.15) is 0 Å². The Morgan fingerprint density at radius 3 is 1.53 bits per heavy atom. The first-order chi connectivity index (χ1) is 17.7. The molecule has 1 saturated carbocycles. The summed E-state index contributed by atoms with van der Waals surface area (Å²) in [5, 5.41) is 3.19. The van der Waals surface area contributed by atoms with E-state index in [1.807, 2.05) is 109 Å². The molecule has 0 amide bonds. The minimum atomic E-state index is -2.84. The maximum atomic E-state index is 14.5. The van der Waals surface area contributed by atoms with Crippen LogP contribution in [-0.2, 0) is 14.3 Å². The lowest BCUT2D eigenvalue weighted by molar-refractivity contribution is -0.135. The molecular weight excluding hydrogens is 463 g/mol. The van der Waals surface area contributed by atoms with Crippen molar-refractivity contribution in [2.45, 2.75) is 19.3 Å². The molecule has 1 aliphatic carbocycles. The lowest BCUT2D eigenvalue weighted by Crippen LogP contribution is -2.39. The fraction of sp³-hybridized carbons (Fsp3) is 0.156. The Balaban J connectivity index is 1.85. The van der Waals surface area contributed by atoms with E-state index in [0.717, 1.165) is 27.9 Å². The van der Waals surface area contributed by atoms with E-state index in [-0.39, 0.29) is 29.5 Å². The van der Waals surface area contributed by atoms with Gasteiger partial charge in [-0.25, -0.2) is 4.79 Å². The number of hydrogen-bond acceptors (Lipinski definition) is 3. The number of Topliss-reactive ketones (excluding diaryl/α,β-unsaturated/α-hetero) is 1. The Hall–Kier alpha value is -3.68. The third-order valence-corrected chi connectivity index (χ3v) is 11.1. The SMILES string of the molecule is CCOC(=O)C(C(=O)C1CC1c1ccccc1)=P(c1ccccc1)(c1ccccc1)c1ccccc1. The second kappa shape index (κ2) is 10.5. The molecule has 180 valence electrons. The fourth-order valence-corrected chi connectivity index (χ4v) is 9.48. The molecule has 0 spiro atoms. The smallest absolute Gasteiger partial charge is 0.342 e. The molecule has 4 aromatic rings. The molecule has 0 saturated heterocycles. The predicted octanol–water partition coefficient (Wildman–Crippen LogP) is 5.09. The van der Waals surface area contributed by atoms with Crippen LogP contribution in [0.4, 0.5) is 0 Å². The van der Waals surface area contributed by atoms with Gasteiger partial charge < -0.3 is 4.74 Å². The average molecular weight is 493 g/mol. The Labute approximate surface area is 212 Å². The quantitative estimate of drug-likeness (QED) is 0.196. The minimum absolute atomic E-state index is 0.0906. The monoisotopic (exact) mass is 492 g/mol. The van der Waals surface area contributed by atoms with Gasteiger partial charge in [0.2, 0.25) is 0 Å². The Morgan fingerprint density at radius 1 is 0.694 bits per heavy atom. The van der Waals surface area contributed by atoms with Crippen LogP contribution in [0.25, 0.3) is 0 Å². The highest BCUT2D eigenvalue weighted by molar-refractivity contribution is 7.97. The maximum Gasteiger partial charge on any atom is 0.342 e. The first kappa shape index (κ1) is 24.0. The van der Waals surface area contributed by atoms with E-state index >= 15 is 0 Å². The number of esters is 1. The second-order valence-corrected chi connectivity index (χ2v) is 12.3. The van der Waals surface area contributed by atoms with Crippen molar-refractivity contribution in [3.8, 4) is 0 Å². The zero-order valence-electron chi connectivity index (χ0n) is 20.3. The number of carbonyl (C=O) groups excluding carboxylic acids is 2. The molecule has 0 aliphatic heterocycles. The number of benzene rings is 4. The number of ether oxygens (including phenoxy) is 1. The number of hydrogen-bond donors (Lipinski definition) is 0. The van der Waals surface area contributed by atoms with E-state index in [9.17, 15) is 9.59 Å². The van der Waals surface area contributed by atoms with Crippen LogP contribution in [-0.4, -0.2) is 23.7 Å². The molecule has 1 aliphatic rings. The third kappa shape index (κ3) is 4.36. The van der Waals surface area contributed by atoms with Crippen LogP contribution < -0.4 is 15.9 Å². The highest BCUT2D eigenvalue weighted by Gasteiger charge is 2.49. The van der Waals surface area contributed by atoms with Gasteiger partial charge in [-0.05, 0) is 47.6 Å². The van der Waals surface area contributed by atoms with E-state index in [0.29, 0.717) is 0 Å². The largest absolute Gasteiger partial charge is 0.462 e. The zero-order chi connectivity index (χ0) is 25.0. The van der Waals surface area contributed by atoms with Crippen LogP contribution in [0.2, 0.25) is 0 Å². The van der Waals surface area contributed by atoms with Gasteiger partial charge in [0.15, 0.2) is 5.78 Å². The summed E-state index contributed by atoms with van der Waals surface area (Å²) in [6, 6.07) is 40.1. The topological polar surface area (TPSA) is 43.4 Å². The molecule has 0 bridgehead atoms. The van der Waals surface area contributed by atoms with E-state index in [1.165, 1.54) is 0 Å². The van der Waals surface area contributed by atoms with Crippen LogP contribution in [0.3, 0.4) is 0 Å². The molecule has 1 fully saturated rings. The molecule has 0 heterocycles. The maximum absolute atomic E-state index is 14.5. The molecule has 36 heavy (non-hydrogen) atoms. The Bertz CT molecular complexity index is 1290. The van der Waals surface area contributed by atoms with Gasteiger partial charge in [-0.3, -0.25) is 4.79 Å². The summed E-state index contributed by atoms with van der Waals surface area (Å²) in [6.45, 7) is -0.846. The van der Waals surface area contributed by atoms with Gasteiger partial charge in [-0.1, -0.05) is 121 Å². The lowest BCUT2D eigenvalue weighted by atomic mass is 10.1. The van der Waals surface area contributed by atoms with Crippen LogP contribution in [0, 0.1) is 5.92 Å². The predicted molar refractivity (Wildman–Crippen MR) is 149 cm³/mol. The van der Waals surface area contributed by atoms with Crippen molar-refractivity contribution in [1.82, 2.24) is 0 Å². The zero-order valence-corrected chi connectivity index (χ0v) is 21.2. The molecule has 3 nitrogen and oxygen atoms in total. The normalized spacial score (nSPS) is 16.7. The highest BCUT2D eigenvalue weighted by atomic mass is 31.2.